The number of carbonyl (C=O) groups is 1. The second kappa shape index (κ2) is 9.09. The van der Waals surface area contributed by atoms with E-state index in [9.17, 15) is 9.18 Å². The van der Waals surface area contributed by atoms with E-state index in [0.717, 1.165) is 36.0 Å². The number of para-hydroxylation sites is 2. The van der Waals surface area contributed by atoms with Crippen LogP contribution in [0.1, 0.15) is 12.8 Å². The van der Waals surface area contributed by atoms with Gasteiger partial charge in [-0.2, -0.15) is 0 Å². The number of H-pyrrole nitrogens is 1. The predicted octanol–water partition coefficient (Wildman–Crippen LogP) is 3.87. The molecule has 1 unspecified atom stereocenters. The normalized spacial score (nSPS) is 16.0. The summed E-state index contributed by atoms with van der Waals surface area (Å²) in [6, 6.07) is 13.7. The number of hydrogen-bond donors (Lipinski definition) is 2. The number of amides is 1. The molecule has 8 nitrogen and oxygen atoms in total. The summed E-state index contributed by atoms with van der Waals surface area (Å²) >= 11 is 1.29. The third-order valence-electron chi connectivity index (χ3n) is 5.21. The molecule has 2 aromatic carbocycles. The maximum absolute atomic E-state index is 13.4. The number of fused-ring (bicyclic) bond motifs is 1. The van der Waals surface area contributed by atoms with Gasteiger partial charge >= 0.3 is 0 Å². The molecule has 164 valence electrons. The summed E-state index contributed by atoms with van der Waals surface area (Å²) in [5.41, 5.74) is 2.40. The minimum Gasteiger partial charge on any atom is -0.376 e. The number of nitrogens with zero attached hydrogens (tertiary/aromatic N) is 4. The van der Waals surface area contributed by atoms with E-state index in [0.29, 0.717) is 23.5 Å². The van der Waals surface area contributed by atoms with Crippen LogP contribution < -0.4 is 5.32 Å². The molecule has 5 rings (SSSR count). The highest BCUT2D eigenvalue weighted by atomic mass is 32.2. The van der Waals surface area contributed by atoms with Crippen molar-refractivity contribution in [2.45, 2.75) is 30.6 Å². The number of rotatable bonds is 7. The van der Waals surface area contributed by atoms with Crippen LogP contribution in [0.2, 0.25) is 0 Å². The van der Waals surface area contributed by atoms with Gasteiger partial charge < -0.3 is 9.72 Å². The number of imidazole rings is 1. The number of benzene rings is 2. The summed E-state index contributed by atoms with van der Waals surface area (Å²) < 4.78 is 21.1. The second-order valence-electron chi connectivity index (χ2n) is 7.50. The van der Waals surface area contributed by atoms with Gasteiger partial charge in [0.2, 0.25) is 11.9 Å². The third-order valence-corrected chi connectivity index (χ3v) is 6.18. The molecule has 1 amide bonds. The molecule has 32 heavy (non-hydrogen) atoms. The van der Waals surface area contributed by atoms with Gasteiger partial charge in [0, 0.05) is 12.2 Å². The lowest BCUT2D eigenvalue weighted by Crippen LogP contribution is -2.18. The van der Waals surface area contributed by atoms with Gasteiger partial charge in [0.1, 0.15) is 5.82 Å². The second-order valence-corrected chi connectivity index (χ2v) is 8.44. The lowest BCUT2D eigenvalue weighted by Gasteiger charge is -2.14. The fourth-order valence-electron chi connectivity index (χ4n) is 3.67. The highest BCUT2D eigenvalue weighted by Gasteiger charge is 2.22. The van der Waals surface area contributed by atoms with Gasteiger partial charge in [0.25, 0.3) is 0 Å². The largest absolute Gasteiger partial charge is 0.376 e. The van der Waals surface area contributed by atoms with Crippen molar-refractivity contribution in [3.63, 3.8) is 0 Å². The highest BCUT2D eigenvalue weighted by Crippen LogP contribution is 2.27. The lowest BCUT2D eigenvalue weighted by atomic mass is 10.2. The monoisotopic (exact) mass is 452 g/mol. The molecule has 0 radical (unpaired) electrons. The van der Waals surface area contributed by atoms with Crippen molar-refractivity contribution in [3.05, 3.63) is 54.3 Å². The molecule has 10 heteroatoms. The first-order chi connectivity index (χ1) is 15.7. The predicted molar refractivity (Wildman–Crippen MR) is 120 cm³/mol. The number of aromatic amines is 1. The summed E-state index contributed by atoms with van der Waals surface area (Å²) in [5.74, 6) is 0.662. The molecule has 1 fully saturated rings. The Hall–Kier alpha value is -3.24. The number of aromatic nitrogens is 5. The Balaban J connectivity index is 1.31. The summed E-state index contributed by atoms with van der Waals surface area (Å²) in [6.07, 6.45) is 2.03. The molecule has 0 saturated carbocycles. The van der Waals surface area contributed by atoms with Crippen LogP contribution in [0.15, 0.2) is 53.7 Å². The van der Waals surface area contributed by atoms with E-state index in [1.54, 1.807) is 12.1 Å². The zero-order valence-corrected chi connectivity index (χ0v) is 17.9. The Bertz CT molecular complexity index is 1200. The molecule has 1 aliphatic rings. The fraction of sp³-hybridized carbons (Fsp3) is 0.273. The number of halogens is 1. The minimum absolute atomic E-state index is 0.0638. The maximum Gasteiger partial charge on any atom is 0.237 e. The van der Waals surface area contributed by atoms with Crippen molar-refractivity contribution in [2.75, 3.05) is 17.7 Å². The zero-order valence-electron chi connectivity index (χ0n) is 17.1. The number of thioether (sulfide) groups is 1. The fourth-order valence-corrected chi connectivity index (χ4v) is 4.42. The SMILES string of the molecule is O=C(CSc1nnc(-c2ccc(F)cc2)n1CC1CCCO1)Nc1nc2ccccc2[nH]1. The van der Waals surface area contributed by atoms with E-state index in [2.05, 4.69) is 25.5 Å². The van der Waals surface area contributed by atoms with Crippen LogP contribution in [0, 0.1) is 5.82 Å². The van der Waals surface area contributed by atoms with Crippen molar-refractivity contribution in [1.29, 1.82) is 0 Å². The highest BCUT2D eigenvalue weighted by molar-refractivity contribution is 7.99. The lowest BCUT2D eigenvalue weighted by molar-refractivity contribution is -0.113. The van der Waals surface area contributed by atoms with E-state index >= 15 is 0 Å². The summed E-state index contributed by atoms with van der Waals surface area (Å²) in [7, 11) is 0. The summed E-state index contributed by atoms with van der Waals surface area (Å²) in [4.78, 5) is 20.0. The van der Waals surface area contributed by atoms with Crippen LogP contribution in [-0.2, 0) is 16.1 Å². The molecule has 0 bridgehead atoms. The third kappa shape index (κ3) is 4.51. The van der Waals surface area contributed by atoms with Crippen molar-refractivity contribution in [1.82, 2.24) is 24.7 Å². The van der Waals surface area contributed by atoms with Crippen molar-refractivity contribution in [2.24, 2.45) is 0 Å². The Morgan fingerprint density at radius 2 is 2.06 bits per heavy atom. The quantitative estimate of drug-likeness (QED) is 0.413. The summed E-state index contributed by atoms with van der Waals surface area (Å²) in [6.45, 7) is 1.31. The van der Waals surface area contributed by atoms with E-state index in [1.165, 1.54) is 23.9 Å². The van der Waals surface area contributed by atoms with Gasteiger partial charge in [-0.25, -0.2) is 9.37 Å². The molecule has 3 heterocycles. The Morgan fingerprint density at radius 1 is 1.22 bits per heavy atom. The number of carbonyl (C=O) groups excluding carboxylic acids is 1. The summed E-state index contributed by atoms with van der Waals surface area (Å²) in [5, 5.41) is 12.0. The first-order valence-electron chi connectivity index (χ1n) is 10.3. The molecule has 0 spiro atoms. The standard InChI is InChI=1S/C22H21FN6O2S/c23-15-9-7-14(8-10-15)20-27-28-22(29(20)12-16-4-3-11-31-16)32-13-19(30)26-21-24-17-5-1-2-6-18(17)25-21/h1-2,5-10,16H,3-4,11-13H2,(H2,24,25,26,30). The molecular formula is C22H21FN6O2S. The smallest absolute Gasteiger partial charge is 0.237 e. The molecular weight excluding hydrogens is 431 g/mol. The van der Waals surface area contributed by atoms with Crippen LogP contribution >= 0.6 is 11.8 Å². The van der Waals surface area contributed by atoms with Crippen molar-refractivity contribution in [3.8, 4) is 11.4 Å². The molecule has 2 N–H and O–H groups in total. The first-order valence-corrected chi connectivity index (χ1v) is 11.3. The Labute approximate surface area is 187 Å². The van der Waals surface area contributed by atoms with E-state index < -0.39 is 0 Å². The number of ether oxygens (including phenoxy) is 1. The number of hydrogen-bond acceptors (Lipinski definition) is 6. The number of anilines is 1. The van der Waals surface area contributed by atoms with Crippen LogP contribution in [0.3, 0.4) is 0 Å². The van der Waals surface area contributed by atoms with Gasteiger partial charge in [-0.15, -0.1) is 10.2 Å². The Kier molecular flexibility index (Phi) is 5.87. The van der Waals surface area contributed by atoms with Crippen LogP contribution in [0.25, 0.3) is 22.4 Å². The topological polar surface area (TPSA) is 97.7 Å². The van der Waals surface area contributed by atoms with Crippen LogP contribution in [0.4, 0.5) is 10.3 Å². The van der Waals surface area contributed by atoms with Gasteiger partial charge in [-0.1, -0.05) is 23.9 Å². The Morgan fingerprint density at radius 3 is 2.84 bits per heavy atom. The van der Waals surface area contributed by atoms with Crippen molar-refractivity contribution >= 4 is 34.7 Å². The van der Waals surface area contributed by atoms with Crippen molar-refractivity contribution < 1.29 is 13.9 Å². The molecule has 0 aliphatic carbocycles. The average Bonchev–Trinajstić information content (AvgIpc) is 3.53. The van der Waals surface area contributed by atoms with Crippen LogP contribution in [0.5, 0.6) is 0 Å². The van der Waals surface area contributed by atoms with E-state index in [-0.39, 0.29) is 23.6 Å². The maximum atomic E-state index is 13.4. The van der Waals surface area contributed by atoms with E-state index in [1.807, 2.05) is 28.8 Å². The van der Waals surface area contributed by atoms with E-state index in [4.69, 9.17) is 4.74 Å². The molecule has 1 saturated heterocycles. The minimum atomic E-state index is -0.309. The zero-order chi connectivity index (χ0) is 21.9. The van der Waals surface area contributed by atoms with Gasteiger partial charge in [-0.05, 0) is 49.2 Å². The van der Waals surface area contributed by atoms with Crippen LogP contribution in [-0.4, -0.2) is 49.1 Å². The average molecular weight is 453 g/mol. The first kappa shape index (κ1) is 20.7. The van der Waals surface area contributed by atoms with Gasteiger partial charge in [-0.3, -0.25) is 14.7 Å². The van der Waals surface area contributed by atoms with Gasteiger partial charge in [0.05, 0.1) is 29.4 Å². The molecule has 1 atom stereocenters. The molecule has 2 aromatic heterocycles. The molecule has 1 aliphatic heterocycles. The number of nitrogens with one attached hydrogen (secondary N) is 2. The molecule has 4 aromatic rings. The van der Waals surface area contributed by atoms with Gasteiger partial charge in [0.15, 0.2) is 11.0 Å².